The van der Waals surface area contributed by atoms with Gasteiger partial charge in [0.05, 0.1) is 5.56 Å². The van der Waals surface area contributed by atoms with Gasteiger partial charge in [-0.2, -0.15) is 0 Å². The molecule has 2 aromatic rings. The molecule has 0 saturated heterocycles. The highest BCUT2D eigenvalue weighted by atomic mass is 16.7. The fraction of sp³-hybridized carbons (Fsp3) is 0.278. The molecule has 1 aliphatic rings. The summed E-state index contributed by atoms with van der Waals surface area (Å²) in [4.78, 5) is 12.2. The Labute approximate surface area is 134 Å². The van der Waals surface area contributed by atoms with Crippen molar-refractivity contribution in [3.05, 3.63) is 53.6 Å². The molecule has 2 N–H and O–H groups in total. The second-order valence-electron chi connectivity index (χ2n) is 5.61. The molecule has 120 valence electrons. The predicted octanol–water partition coefficient (Wildman–Crippen LogP) is 2.87. The van der Waals surface area contributed by atoms with E-state index in [9.17, 15) is 9.90 Å². The van der Waals surface area contributed by atoms with E-state index in [0.717, 1.165) is 17.1 Å². The van der Waals surface area contributed by atoms with E-state index < -0.39 is 0 Å². The summed E-state index contributed by atoms with van der Waals surface area (Å²) in [5.41, 5.74) is 1.43. The van der Waals surface area contributed by atoms with Crippen LogP contribution in [-0.2, 0) is 6.54 Å². The van der Waals surface area contributed by atoms with Gasteiger partial charge in [-0.05, 0) is 36.8 Å². The van der Waals surface area contributed by atoms with Crippen LogP contribution < -0.4 is 14.8 Å². The summed E-state index contributed by atoms with van der Waals surface area (Å²) in [6.45, 7) is 2.84. The molecule has 5 heteroatoms. The van der Waals surface area contributed by atoms with Crippen molar-refractivity contribution in [1.29, 1.82) is 0 Å². The van der Waals surface area contributed by atoms with Crippen molar-refractivity contribution in [2.75, 3.05) is 6.79 Å². The molecule has 0 aliphatic carbocycles. The van der Waals surface area contributed by atoms with E-state index in [-0.39, 0.29) is 24.4 Å². The highest BCUT2D eigenvalue weighted by Gasteiger charge is 2.16. The molecule has 0 radical (unpaired) electrons. The van der Waals surface area contributed by atoms with Crippen molar-refractivity contribution in [1.82, 2.24) is 5.32 Å². The number of nitrogens with one attached hydrogen (secondary N) is 1. The number of fused-ring (bicyclic) bond motifs is 1. The zero-order chi connectivity index (χ0) is 16.2. The smallest absolute Gasteiger partial charge is 0.231 e. The SMILES string of the molecule is CC(CC(=O)c1ccccc1O)NCc1ccc2c(c1)OCO2. The van der Waals surface area contributed by atoms with Crippen LogP contribution >= 0.6 is 0 Å². The molecule has 23 heavy (non-hydrogen) atoms. The van der Waals surface area contributed by atoms with Crippen LogP contribution in [-0.4, -0.2) is 23.7 Å². The highest BCUT2D eigenvalue weighted by Crippen LogP contribution is 2.32. The number of carbonyl (C=O) groups is 1. The second-order valence-corrected chi connectivity index (χ2v) is 5.61. The van der Waals surface area contributed by atoms with Gasteiger partial charge in [0.1, 0.15) is 5.75 Å². The van der Waals surface area contributed by atoms with Crippen LogP contribution in [0.3, 0.4) is 0 Å². The first-order chi connectivity index (χ1) is 11.1. The van der Waals surface area contributed by atoms with Crippen LogP contribution in [0, 0.1) is 0 Å². The first-order valence-electron chi connectivity index (χ1n) is 7.56. The van der Waals surface area contributed by atoms with Crippen molar-refractivity contribution in [3.63, 3.8) is 0 Å². The number of benzene rings is 2. The number of ketones is 1. The maximum absolute atomic E-state index is 12.2. The van der Waals surface area contributed by atoms with Crippen LogP contribution in [0.2, 0.25) is 0 Å². The standard InChI is InChI=1S/C18H19NO4/c1-12(8-16(21)14-4-2-3-5-15(14)20)19-10-13-6-7-17-18(9-13)23-11-22-17/h2-7,9,12,19-20H,8,10-11H2,1H3. The van der Waals surface area contributed by atoms with Gasteiger partial charge in [0.25, 0.3) is 0 Å². The first kappa shape index (κ1) is 15.4. The quantitative estimate of drug-likeness (QED) is 0.803. The fourth-order valence-corrected chi connectivity index (χ4v) is 2.51. The number of carbonyl (C=O) groups excluding carboxylic acids is 1. The second kappa shape index (κ2) is 6.71. The lowest BCUT2D eigenvalue weighted by Crippen LogP contribution is -2.28. The van der Waals surface area contributed by atoms with Crippen molar-refractivity contribution in [2.45, 2.75) is 25.9 Å². The summed E-state index contributed by atoms with van der Waals surface area (Å²) in [7, 11) is 0. The third-order valence-corrected chi connectivity index (χ3v) is 3.79. The lowest BCUT2D eigenvalue weighted by molar-refractivity contribution is 0.0968. The third kappa shape index (κ3) is 3.63. The summed E-state index contributed by atoms with van der Waals surface area (Å²) in [6, 6.07) is 12.4. The predicted molar refractivity (Wildman–Crippen MR) is 85.9 cm³/mol. The number of hydrogen-bond acceptors (Lipinski definition) is 5. The van der Waals surface area contributed by atoms with Gasteiger partial charge < -0.3 is 19.9 Å². The third-order valence-electron chi connectivity index (χ3n) is 3.79. The Kier molecular flexibility index (Phi) is 4.48. The lowest BCUT2D eigenvalue weighted by atomic mass is 10.0. The van der Waals surface area contributed by atoms with Gasteiger partial charge in [-0.15, -0.1) is 0 Å². The van der Waals surface area contributed by atoms with Crippen LogP contribution in [0.15, 0.2) is 42.5 Å². The Hall–Kier alpha value is -2.53. The lowest BCUT2D eigenvalue weighted by Gasteiger charge is -2.14. The summed E-state index contributed by atoms with van der Waals surface area (Å²) < 4.78 is 10.6. The number of aromatic hydroxyl groups is 1. The molecule has 0 spiro atoms. The molecule has 1 atom stereocenters. The zero-order valence-corrected chi connectivity index (χ0v) is 12.9. The average molecular weight is 313 g/mol. The van der Waals surface area contributed by atoms with Gasteiger partial charge in [-0.1, -0.05) is 18.2 Å². The van der Waals surface area contributed by atoms with Crippen LogP contribution in [0.4, 0.5) is 0 Å². The molecular formula is C18H19NO4. The topological polar surface area (TPSA) is 67.8 Å². The van der Waals surface area contributed by atoms with E-state index in [1.807, 2.05) is 25.1 Å². The summed E-state index contributed by atoms with van der Waals surface area (Å²) in [6.07, 6.45) is 0.322. The van der Waals surface area contributed by atoms with Crippen LogP contribution in [0.1, 0.15) is 29.3 Å². The largest absolute Gasteiger partial charge is 0.507 e. The molecule has 0 saturated carbocycles. The first-order valence-corrected chi connectivity index (χ1v) is 7.56. The molecule has 2 aromatic carbocycles. The summed E-state index contributed by atoms with van der Waals surface area (Å²) in [5.74, 6) is 1.47. The molecule has 1 unspecified atom stereocenters. The van der Waals surface area contributed by atoms with E-state index in [0.29, 0.717) is 18.5 Å². The van der Waals surface area contributed by atoms with Crippen molar-refractivity contribution < 1.29 is 19.4 Å². The number of rotatable bonds is 6. The monoisotopic (exact) mass is 313 g/mol. The summed E-state index contributed by atoms with van der Waals surface area (Å²) >= 11 is 0. The normalized spacial score (nSPS) is 13.8. The van der Waals surface area contributed by atoms with E-state index in [2.05, 4.69) is 5.32 Å². The molecule has 1 aliphatic heterocycles. The minimum Gasteiger partial charge on any atom is -0.507 e. The van der Waals surface area contributed by atoms with Gasteiger partial charge in [0.2, 0.25) is 6.79 Å². The Balaban J connectivity index is 1.54. The van der Waals surface area contributed by atoms with Gasteiger partial charge in [0, 0.05) is 19.0 Å². The van der Waals surface area contributed by atoms with E-state index >= 15 is 0 Å². The van der Waals surface area contributed by atoms with Crippen molar-refractivity contribution in [3.8, 4) is 17.2 Å². The Bertz CT molecular complexity index is 714. The molecule has 3 rings (SSSR count). The molecule has 5 nitrogen and oxygen atoms in total. The van der Waals surface area contributed by atoms with E-state index in [4.69, 9.17) is 9.47 Å². The van der Waals surface area contributed by atoms with Gasteiger partial charge in [-0.25, -0.2) is 0 Å². The number of Topliss-reactive ketones (excluding diaryl/α,β-unsaturated/α-hetero) is 1. The number of phenolic OH excluding ortho intramolecular Hbond substituents is 1. The molecule has 1 heterocycles. The number of para-hydroxylation sites is 1. The Morgan fingerprint density at radius 2 is 2.00 bits per heavy atom. The molecule has 0 amide bonds. The molecular weight excluding hydrogens is 294 g/mol. The maximum Gasteiger partial charge on any atom is 0.231 e. The minimum absolute atomic E-state index is 0.00692. The minimum atomic E-state index is -0.0752. The number of phenols is 1. The van der Waals surface area contributed by atoms with Gasteiger partial charge >= 0.3 is 0 Å². The van der Waals surface area contributed by atoms with E-state index in [1.165, 1.54) is 6.07 Å². The van der Waals surface area contributed by atoms with Crippen molar-refractivity contribution in [2.24, 2.45) is 0 Å². The maximum atomic E-state index is 12.2. The molecule has 0 aromatic heterocycles. The number of ether oxygens (including phenoxy) is 2. The number of hydrogen-bond donors (Lipinski definition) is 2. The van der Waals surface area contributed by atoms with Crippen LogP contribution in [0.5, 0.6) is 17.2 Å². The summed E-state index contributed by atoms with van der Waals surface area (Å²) in [5, 5.41) is 13.0. The van der Waals surface area contributed by atoms with Crippen molar-refractivity contribution >= 4 is 5.78 Å². The van der Waals surface area contributed by atoms with Gasteiger partial charge in [-0.3, -0.25) is 4.79 Å². The van der Waals surface area contributed by atoms with Gasteiger partial charge in [0.15, 0.2) is 17.3 Å². The highest BCUT2D eigenvalue weighted by molar-refractivity contribution is 5.98. The van der Waals surface area contributed by atoms with E-state index in [1.54, 1.807) is 18.2 Å². The van der Waals surface area contributed by atoms with Crippen LogP contribution in [0.25, 0.3) is 0 Å². The molecule has 0 bridgehead atoms. The Morgan fingerprint density at radius 1 is 1.22 bits per heavy atom. The average Bonchev–Trinajstić information content (AvgIpc) is 3.01. The zero-order valence-electron chi connectivity index (χ0n) is 12.9. The Morgan fingerprint density at radius 3 is 2.83 bits per heavy atom. The fourth-order valence-electron chi connectivity index (χ4n) is 2.51. The molecule has 0 fully saturated rings.